The molecule has 0 atom stereocenters. The Morgan fingerprint density at radius 1 is 0.923 bits per heavy atom. The van der Waals surface area contributed by atoms with Crippen molar-refractivity contribution in [2.24, 2.45) is 0 Å². The molecule has 0 heterocycles. The quantitative estimate of drug-likeness (QED) is 0.526. The Kier molecular flexibility index (Phi) is 4.12. The van der Waals surface area contributed by atoms with Crippen LogP contribution >= 0.6 is 0 Å². The second-order valence-electron chi connectivity index (χ2n) is 2.73. The van der Waals surface area contributed by atoms with Crippen molar-refractivity contribution < 1.29 is 10.2 Å². The molecule has 0 spiro atoms. The highest BCUT2D eigenvalue weighted by atomic mass is 16.3. The molecular weight excluding hydrogens is 164 g/mol. The maximum atomic E-state index is 8.52. The summed E-state index contributed by atoms with van der Waals surface area (Å²) in [6, 6.07) is 0. The summed E-state index contributed by atoms with van der Waals surface area (Å²) in [5.74, 6) is 11.0. The molecule has 0 saturated heterocycles. The lowest BCUT2D eigenvalue weighted by atomic mass is 10.1. The van der Waals surface area contributed by atoms with E-state index in [0.717, 1.165) is 30.4 Å². The van der Waals surface area contributed by atoms with Crippen LogP contribution < -0.4 is 0 Å². The Morgan fingerprint density at radius 3 is 1.77 bits per heavy atom. The van der Waals surface area contributed by atoms with E-state index in [2.05, 4.69) is 23.7 Å². The van der Waals surface area contributed by atoms with E-state index < -0.39 is 0 Å². The maximum absolute atomic E-state index is 8.52. The van der Waals surface area contributed by atoms with E-state index in [0.29, 0.717) is 0 Å². The molecule has 0 amide bonds. The number of aliphatic hydroxyl groups is 2. The molecule has 2 nitrogen and oxygen atoms in total. The first-order valence-corrected chi connectivity index (χ1v) is 4.30. The topological polar surface area (TPSA) is 40.5 Å². The van der Waals surface area contributed by atoms with Gasteiger partial charge in [-0.2, -0.15) is 0 Å². The van der Waals surface area contributed by atoms with Gasteiger partial charge < -0.3 is 10.2 Å². The lowest BCUT2D eigenvalue weighted by molar-refractivity contribution is 0.350. The van der Waals surface area contributed by atoms with E-state index in [4.69, 9.17) is 10.2 Å². The summed E-state index contributed by atoms with van der Waals surface area (Å²) in [5.41, 5.74) is 2.05. The molecular formula is C11H12O2. The van der Waals surface area contributed by atoms with Crippen LogP contribution in [0.4, 0.5) is 0 Å². The van der Waals surface area contributed by atoms with Gasteiger partial charge in [-0.3, -0.25) is 0 Å². The molecule has 0 fully saturated rings. The Balaban J connectivity index is 2.77. The lowest BCUT2D eigenvalue weighted by Gasteiger charge is -1.89. The third kappa shape index (κ3) is 2.95. The van der Waals surface area contributed by atoms with E-state index in [9.17, 15) is 0 Å². The second kappa shape index (κ2) is 5.43. The zero-order valence-electron chi connectivity index (χ0n) is 7.43. The lowest BCUT2D eigenvalue weighted by Crippen LogP contribution is -1.80. The Labute approximate surface area is 78.3 Å². The van der Waals surface area contributed by atoms with Crippen LogP contribution in [-0.2, 0) is 0 Å². The van der Waals surface area contributed by atoms with Gasteiger partial charge in [0.25, 0.3) is 0 Å². The van der Waals surface area contributed by atoms with Gasteiger partial charge in [-0.1, -0.05) is 23.7 Å². The zero-order chi connectivity index (χ0) is 9.52. The van der Waals surface area contributed by atoms with Crippen molar-refractivity contribution >= 4 is 0 Å². The molecule has 0 aromatic rings. The van der Waals surface area contributed by atoms with Crippen molar-refractivity contribution in [1.29, 1.82) is 0 Å². The van der Waals surface area contributed by atoms with Crippen molar-refractivity contribution in [2.75, 3.05) is 13.2 Å². The highest BCUT2D eigenvalue weighted by Gasteiger charge is 2.10. The SMILES string of the molecule is OCC#CC1=C(C#CCO)CCC1. The summed E-state index contributed by atoms with van der Waals surface area (Å²) in [6.45, 7) is -0.214. The van der Waals surface area contributed by atoms with E-state index in [1.165, 1.54) is 0 Å². The van der Waals surface area contributed by atoms with Crippen molar-refractivity contribution in [1.82, 2.24) is 0 Å². The Bertz CT molecular complexity index is 285. The van der Waals surface area contributed by atoms with Crippen LogP contribution in [0.5, 0.6) is 0 Å². The average molecular weight is 176 g/mol. The highest BCUT2D eigenvalue weighted by molar-refractivity contribution is 5.45. The van der Waals surface area contributed by atoms with Crippen LogP contribution in [0.25, 0.3) is 0 Å². The normalized spacial score (nSPS) is 14.6. The standard InChI is InChI=1S/C11H12O2/c12-8-2-6-10-4-1-5-11(10)7-3-9-13/h12-13H,1,4-5,8-9H2. The number of hydrogen-bond donors (Lipinski definition) is 2. The molecule has 0 bridgehead atoms. The van der Waals surface area contributed by atoms with Crippen LogP contribution in [0.15, 0.2) is 11.1 Å². The van der Waals surface area contributed by atoms with Gasteiger partial charge >= 0.3 is 0 Å². The minimum absolute atomic E-state index is 0.107. The summed E-state index contributed by atoms with van der Waals surface area (Å²) in [6.07, 6.45) is 2.97. The molecule has 13 heavy (non-hydrogen) atoms. The van der Waals surface area contributed by atoms with Crippen LogP contribution in [0.1, 0.15) is 19.3 Å². The number of aliphatic hydroxyl groups excluding tert-OH is 2. The van der Waals surface area contributed by atoms with Gasteiger partial charge in [0.1, 0.15) is 13.2 Å². The molecule has 1 aliphatic rings. The van der Waals surface area contributed by atoms with Crippen LogP contribution in [0.2, 0.25) is 0 Å². The molecule has 2 heteroatoms. The monoisotopic (exact) mass is 176 g/mol. The Morgan fingerprint density at radius 2 is 1.38 bits per heavy atom. The van der Waals surface area contributed by atoms with E-state index in [-0.39, 0.29) is 13.2 Å². The first-order chi connectivity index (χ1) is 6.38. The molecule has 0 unspecified atom stereocenters. The third-order valence-electron chi connectivity index (χ3n) is 1.85. The molecule has 0 aliphatic heterocycles. The van der Waals surface area contributed by atoms with Gasteiger partial charge in [-0.05, 0) is 19.3 Å². The van der Waals surface area contributed by atoms with Crippen LogP contribution in [0.3, 0.4) is 0 Å². The summed E-state index contributed by atoms with van der Waals surface area (Å²) < 4.78 is 0. The summed E-state index contributed by atoms with van der Waals surface area (Å²) in [5, 5.41) is 17.0. The molecule has 68 valence electrons. The predicted molar refractivity (Wildman–Crippen MR) is 50.6 cm³/mol. The third-order valence-corrected chi connectivity index (χ3v) is 1.85. The van der Waals surface area contributed by atoms with Gasteiger partial charge in [0, 0.05) is 11.1 Å². The number of hydrogen-bond acceptors (Lipinski definition) is 2. The summed E-state index contributed by atoms with van der Waals surface area (Å²) in [4.78, 5) is 0. The van der Waals surface area contributed by atoms with Gasteiger partial charge in [0.2, 0.25) is 0 Å². The van der Waals surface area contributed by atoms with Crippen molar-refractivity contribution in [3.63, 3.8) is 0 Å². The Hall–Kier alpha value is -1.22. The fraction of sp³-hybridized carbons (Fsp3) is 0.455. The molecule has 0 aromatic carbocycles. The van der Waals surface area contributed by atoms with Crippen molar-refractivity contribution in [3.05, 3.63) is 11.1 Å². The molecule has 1 aliphatic carbocycles. The van der Waals surface area contributed by atoms with E-state index >= 15 is 0 Å². The second-order valence-corrected chi connectivity index (χ2v) is 2.73. The molecule has 0 saturated carbocycles. The molecule has 1 rings (SSSR count). The smallest absolute Gasteiger partial charge is 0.104 e. The van der Waals surface area contributed by atoms with E-state index in [1.54, 1.807) is 0 Å². The summed E-state index contributed by atoms with van der Waals surface area (Å²) >= 11 is 0. The van der Waals surface area contributed by atoms with Gasteiger partial charge in [0.15, 0.2) is 0 Å². The largest absolute Gasteiger partial charge is 0.384 e. The van der Waals surface area contributed by atoms with Gasteiger partial charge in [0.05, 0.1) is 0 Å². The average Bonchev–Trinajstić information content (AvgIpc) is 2.59. The minimum atomic E-state index is -0.107. The molecule has 0 radical (unpaired) electrons. The highest BCUT2D eigenvalue weighted by Crippen LogP contribution is 2.24. The minimum Gasteiger partial charge on any atom is -0.384 e. The number of rotatable bonds is 0. The van der Waals surface area contributed by atoms with Crippen LogP contribution in [0, 0.1) is 23.7 Å². The fourth-order valence-electron chi connectivity index (χ4n) is 1.31. The molecule has 2 N–H and O–H groups in total. The number of allylic oxidation sites excluding steroid dienone is 2. The summed E-state index contributed by atoms with van der Waals surface area (Å²) in [7, 11) is 0. The first kappa shape index (κ1) is 9.86. The molecule has 0 aromatic heterocycles. The van der Waals surface area contributed by atoms with E-state index in [1.807, 2.05) is 0 Å². The van der Waals surface area contributed by atoms with Crippen molar-refractivity contribution in [3.8, 4) is 23.7 Å². The first-order valence-electron chi connectivity index (χ1n) is 4.30. The fourth-order valence-corrected chi connectivity index (χ4v) is 1.31. The van der Waals surface area contributed by atoms with Crippen LogP contribution in [-0.4, -0.2) is 23.4 Å². The van der Waals surface area contributed by atoms with Crippen molar-refractivity contribution in [2.45, 2.75) is 19.3 Å². The predicted octanol–water partition coefficient (Wildman–Crippen LogP) is 0.458. The van der Waals surface area contributed by atoms with Gasteiger partial charge in [-0.25, -0.2) is 0 Å². The van der Waals surface area contributed by atoms with Gasteiger partial charge in [-0.15, -0.1) is 0 Å². The zero-order valence-corrected chi connectivity index (χ0v) is 7.43. The maximum Gasteiger partial charge on any atom is 0.104 e.